The van der Waals surface area contributed by atoms with Crippen LogP contribution in [0, 0.1) is 0 Å². The predicted octanol–water partition coefficient (Wildman–Crippen LogP) is 9.46. The zero-order valence-corrected chi connectivity index (χ0v) is 26.0. The van der Waals surface area contributed by atoms with E-state index in [-0.39, 0.29) is 0 Å². The van der Waals surface area contributed by atoms with Crippen molar-refractivity contribution in [3.63, 3.8) is 0 Å². The lowest BCUT2D eigenvalue weighted by Gasteiger charge is -2.48. The maximum atomic E-state index is 14.2. The Kier molecular flexibility index (Phi) is 7.36. The third-order valence-electron chi connectivity index (χ3n) is 9.58. The van der Waals surface area contributed by atoms with Crippen molar-refractivity contribution < 1.29 is 27.2 Å². The van der Waals surface area contributed by atoms with Gasteiger partial charge in [0.25, 0.3) is 5.72 Å². The Morgan fingerprint density at radius 3 is 2.30 bits per heavy atom. The van der Waals surface area contributed by atoms with E-state index < -0.39 is 29.0 Å². The van der Waals surface area contributed by atoms with Crippen LogP contribution in [0.15, 0.2) is 96.9 Å². The fourth-order valence-corrected chi connectivity index (χ4v) is 7.24. The van der Waals surface area contributed by atoms with E-state index in [1.54, 1.807) is 17.7 Å². The SMILES string of the molecule is CCC1(C)c2cc3c(cc2-c2ccc(C(F)(F)F)c[n+]2C1(CC)OC(C)C=C(C)OC)c1ccccc1n3-c1ccccc1. The van der Waals surface area contributed by atoms with Crippen molar-refractivity contribution >= 4 is 21.8 Å². The fourth-order valence-electron chi connectivity index (χ4n) is 7.24. The van der Waals surface area contributed by atoms with E-state index in [9.17, 15) is 13.2 Å². The smallest absolute Gasteiger partial charge is 0.422 e. The van der Waals surface area contributed by atoms with Gasteiger partial charge in [-0.2, -0.15) is 17.7 Å². The fraction of sp³-hybridized carbons (Fsp3) is 0.324. The molecule has 5 aromatic rings. The number of fused-ring (bicyclic) bond motifs is 6. The van der Waals surface area contributed by atoms with Gasteiger partial charge in [0.2, 0.25) is 5.69 Å². The second-order valence-electron chi connectivity index (χ2n) is 11.9. The van der Waals surface area contributed by atoms with E-state index in [2.05, 4.69) is 54.8 Å². The second-order valence-corrected chi connectivity index (χ2v) is 11.9. The number of benzene rings is 3. The lowest BCUT2D eigenvalue weighted by molar-refractivity contribution is -0.817. The highest BCUT2D eigenvalue weighted by Gasteiger charge is 2.62. The van der Waals surface area contributed by atoms with Crippen molar-refractivity contribution in [3.05, 3.63) is 108 Å². The van der Waals surface area contributed by atoms with Crippen LogP contribution in [-0.4, -0.2) is 17.8 Å². The van der Waals surface area contributed by atoms with Gasteiger partial charge in [-0.05, 0) is 75.2 Å². The first-order chi connectivity index (χ1) is 21.0. The maximum absolute atomic E-state index is 14.2. The quantitative estimate of drug-likeness (QED) is 0.138. The lowest BCUT2D eigenvalue weighted by atomic mass is 9.65. The molecular weight excluding hydrogens is 561 g/mol. The van der Waals surface area contributed by atoms with Gasteiger partial charge in [0.1, 0.15) is 5.56 Å². The minimum Gasteiger partial charge on any atom is -0.502 e. The summed E-state index contributed by atoms with van der Waals surface area (Å²) >= 11 is 0. The Morgan fingerprint density at radius 1 is 0.932 bits per heavy atom. The topological polar surface area (TPSA) is 27.3 Å². The van der Waals surface area contributed by atoms with Gasteiger partial charge >= 0.3 is 6.18 Å². The second kappa shape index (κ2) is 10.8. The summed E-state index contributed by atoms with van der Waals surface area (Å²) in [6, 6.07) is 25.7. The van der Waals surface area contributed by atoms with Gasteiger partial charge in [-0.1, -0.05) is 50.2 Å². The van der Waals surface area contributed by atoms with Crippen LogP contribution in [0.3, 0.4) is 0 Å². The van der Waals surface area contributed by atoms with E-state index in [4.69, 9.17) is 9.47 Å². The van der Waals surface area contributed by atoms with Crippen molar-refractivity contribution in [2.45, 2.75) is 70.9 Å². The molecular formula is C37H38F3N2O2+. The van der Waals surface area contributed by atoms with Gasteiger partial charge in [-0.3, -0.25) is 0 Å². The normalized spacial score (nSPS) is 20.9. The summed E-state index contributed by atoms with van der Waals surface area (Å²) in [6.45, 7) is 9.97. The molecule has 2 aromatic heterocycles. The van der Waals surface area contributed by atoms with Crippen molar-refractivity contribution in [3.8, 4) is 16.9 Å². The van der Waals surface area contributed by atoms with E-state index >= 15 is 0 Å². The zero-order valence-electron chi connectivity index (χ0n) is 26.0. The highest BCUT2D eigenvalue weighted by Crippen LogP contribution is 2.53. The molecule has 6 rings (SSSR count). The average molecular weight is 600 g/mol. The van der Waals surface area contributed by atoms with Gasteiger partial charge < -0.3 is 14.0 Å². The van der Waals surface area contributed by atoms with Crippen LogP contribution in [0.4, 0.5) is 13.2 Å². The Morgan fingerprint density at radius 2 is 1.64 bits per heavy atom. The summed E-state index contributed by atoms with van der Waals surface area (Å²) in [6.07, 6.45) is -0.750. The van der Waals surface area contributed by atoms with Crippen molar-refractivity contribution in [2.24, 2.45) is 0 Å². The van der Waals surface area contributed by atoms with Gasteiger partial charge in [-0.25, -0.2) is 0 Å². The molecule has 0 amide bonds. The van der Waals surface area contributed by atoms with E-state index in [1.165, 1.54) is 12.3 Å². The molecule has 3 unspecified atom stereocenters. The number of hydrogen-bond donors (Lipinski definition) is 0. The van der Waals surface area contributed by atoms with Gasteiger partial charge in [-0.15, -0.1) is 0 Å². The number of nitrogens with zero attached hydrogens (tertiary/aromatic N) is 2. The molecule has 0 bridgehead atoms. The molecule has 0 saturated heterocycles. The van der Waals surface area contributed by atoms with E-state index in [0.717, 1.165) is 38.6 Å². The molecule has 3 heterocycles. The summed E-state index contributed by atoms with van der Waals surface area (Å²) in [7, 11) is 1.60. The van der Waals surface area contributed by atoms with Crippen LogP contribution >= 0.6 is 0 Å². The number of ether oxygens (including phenoxy) is 2. The van der Waals surface area contributed by atoms with Crippen LogP contribution in [-0.2, 0) is 26.8 Å². The number of allylic oxidation sites excluding steroid dienone is 1. The molecule has 7 heteroatoms. The van der Waals surface area contributed by atoms with Crippen molar-refractivity contribution in [1.82, 2.24) is 4.57 Å². The summed E-state index contributed by atoms with van der Waals surface area (Å²) in [5.41, 5.74) is 3.28. The van der Waals surface area contributed by atoms with E-state index in [1.807, 2.05) is 57.2 Å². The molecule has 44 heavy (non-hydrogen) atoms. The largest absolute Gasteiger partial charge is 0.502 e. The predicted molar refractivity (Wildman–Crippen MR) is 169 cm³/mol. The number of hydrogen-bond acceptors (Lipinski definition) is 2. The molecule has 3 aromatic carbocycles. The molecule has 0 fully saturated rings. The zero-order chi connectivity index (χ0) is 31.4. The Labute approximate surface area is 256 Å². The molecule has 4 nitrogen and oxygen atoms in total. The number of para-hydroxylation sites is 2. The van der Waals surface area contributed by atoms with Crippen LogP contribution in [0.25, 0.3) is 38.8 Å². The van der Waals surface area contributed by atoms with Crippen LogP contribution in [0.1, 0.15) is 58.6 Å². The number of alkyl halides is 3. The minimum absolute atomic E-state index is 0.434. The highest BCUT2D eigenvalue weighted by molar-refractivity contribution is 6.11. The molecule has 3 atom stereocenters. The molecule has 0 aliphatic carbocycles. The van der Waals surface area contributed by atoms with Crippen molar-refractivity contribution in [2.75, 3.05) is 7.11 Å². The third kappa shape index (κ3) is 4.43. The molecule has 1 aliphatic rings. The lowest BCUT2D eigenvalue weighted by Crippen LogP contribution is -2.71. The summed E-state index contributed by atoms with van der Waals surface area (Å²) < 4.78 is 59.1. The van der Waals surface area contributed by atoms with Gasteiger partial charge in [0.15, 0.2) is 6.20 Å². The average Bonchev–Trinajstić information content (AvgIpc) is 3.35. The number of aromatic nitrogens is 2. The van der Waals surface area contributed by atoms with Crippen LogP contribution < -0.4 is 4.57 Å². The third-order valence-corrected chi connectivity index (χ3v) is 9.58. The summed E-state index contributed by atoms with van der Waals surface area (Å²) in [4.78, 5) is 0. The number of methoxy groups -OCH3 is 1. The molecule has 0 saturated carbocycles. The number of rotatable bonds is 7. The Hall–Kier alpha value is -4.10. The van der Waals surface area contributed by atoms with Crippen LogP contribution in [0.5, 0.6) is 0 Å². The molecule has 0 radical (unpaired) electrons. The Balaban J connectivity index is 1.73. The first-order valence-electron chi connectivity index (χ1n) is 15.2. The molecule has 1 aliphatic heterocycles. The number of halogens is 3. The minimum atomic E-state index is -4.50. The molecule has 228 valence electrons. The van der Waals surface area contributed by atoms with Gasteiger partial charge in [0, 0.05) is 28.9 Å². The first kappa shape index (κ1) is 29.9. The molecule has 0 N–H and O–H groups in total. The highest BCUT2D eigenvalue weighted by atomic mass is 19.4. The maximum Gasteiger partial charge on any atom is 0.422 e. The summed E-state index contributed by atoms with van der Waals surface area (Å²) in [5, 5.41) is 2.13. The van der Waals surface area contributed by atoms with E-state index in [0.29, 0.717) is 24.3 Å². The summed E-state index contributed by atoms with van der Waals surface area (Å²) in [5.74, 6) is 0.682. The molecule has 0 spiro atoms. The van der Waals surface area contributed by atoms with Gasteiger partial charge in [0.05, 0.1) is 41.0 Å². The van der Waals surface area contributed by atoms with Crippen molar-refractivity contribution in [1.29, 1.82) is 0 Å². The Bertz CT molecular complexity index is 1890. The monoisotopic (exact) mass is 599 g/mol. The first-order valence-corrected chi connectivity index (χ1v) is 15.2. The standard InChI is InChI=1S/C37H38F3N2O2/c1-7-35(5)31-22-34-29(28-16-12-13-17-33(28)42(34)27-14-10-9-11-15-27)21-30(31)32-19-18-26(37(38,39)40)23-41(32)36(35,8-2)44-25(4)20-24(3)43-6/h9-23,25H,7-8H2,1-6H3/q+1. The van der Waals surface area contributed by atoms with Crippen LogP contribution in [0.2, 0.25) is 0 Å². The number of pyridine rings is 1.